The Morgan fingerprint density at radius 2 is 2.23 bits per heavy atom. The third kappa shape index (κ3) is 1.44. The molecule has 0 spiro atoms. The van der Waals surface area contributed by atoms with Gasteiger partial charge in [0.25, 0.3) is 9.03 Å². The van der Waals surface area contributed by atoms with Gasteiger partial charge in [-0.3, -0.25) is 0 Å². The fourth-order valence-electron chi connectivity index (χ4n) is 1.25. The fourth-order valence-corrected chi connectivity index (χ4v) is 1.82. The summed E-state index contributed by atoms with van der Waals surface area (Å²) in [4.78, 5) is 0. The van der Waals surface area contributed by atoms with Gasteiger partial charge in [0.05, 0.1) is 6.61 Å². The summed E-state index contributed by atoms with van der Waals surface area (Å²) in [5.41, 5.74) is 1.08. The van der Waals surface area contributed by atoms with Crippen molar-refractivity contribution in [3.8, 4) is 17.2 Å². The lowest BCUT2D eigenvalue weighted by Crippen LogP contribution is -1.94. The van der Waals surface area contributed by atoms with Gasteiger partial charge in [-0.05, 0) is 25.5 Å². The van der Waals surface area contributed by atoms with Gasteiger partial charge in [0.15, 0.2) is 11.5 Å². The van der Waals surface area contributed by atoms with Crippen LogP contribution in [0.3, 0.4) is 0 Å². The van der Waals surface area contributed by atoms with Crippen LogP contribution < -0.4 is 13.8 Å². The number of ether oxygens (including phenoxy) is 1. The van der Waals surface area contributed by atoms with Crippen LogP contribution >= 0.6 is 9.03 Å². The quantitative estimate of drug-likeness (QED) is 0.684. The minimum atomic E-state index is 0.0635. The van der Waals surface area contributed by atoms with Gasteiger partial charge in [-0.25, -0.2) is 0 Å². The van der Waals surface area contributed by atoms with Crippen molar-refractivity contribution in [2.24, 2.45) is 0 Å². The molecule has 1 unspecified atom stereocenters. The molecule has 0 N–H and O–H groups in total. The molecule has 0 amide bonds. The topological polar surface area (TPSA) is 27.7 Å². The Bertz CT molecular complexity index is 325. The summed E-state index contributed by atoms with van der Waals surface area (Å²) in [5.74, 6) is 2.34. The Labute approximate surface area is 78.9 Å². The molecule has 1 aliphatic rings. The van der Waals surface area contributed by atoms with Gasteiger partial charge >= 0.3 is 0 Å². The lowest BCUT2D eigenvalue weighted by atomic mass is 10.2. The highest BCUT2D eigenvalue weighted by Gasteiger charge is 2.20. The van der Waals surface area contributed by atoms with E-state index in [1.54, 1.807) is 0 Å². The molecule has 1 heterocycles. The van der Waals surface area contributed by atoms with Crippen molar-refractivity contribution in [3.05, 3.63) is 17.7 Å². The first-order valence-electron chi connectivity index (χ1n) is 4.18. The molecule has 70 valence electrons. The van der Waals surface area contributed by atoms with Gasteiger partial charge in [0, 0.05) is 0 Å². The van der Waals surface area contributed by atoms with Crippen LogP contribution in [0.5, 0.6) is 17.2 Å². The molecule has 0 fully saturated rings. The maximum Gasteiger partial charge on any atom is 0.275 e. The third-order valence-corrected chi connectivity index (χ3v) is 2.45. The van der Waals surface area contributed by atoms with Crippen molar-refractivity contribution >= 4 is 9.03 Å². The highest BCUT2D eigenvalue weighted by Crippen LogP contribution is 2.49. The number of rotatable bonds is 2. The SMILES string of the molecule is CCOc1c(C)ccc2c1OPO2. The van der Waals surface area contributed by atoms with E-state index in [0.29, 0.717) is 6.61 Å². The zero-order valence-electron chi connectivity index (χ0n) is 7.59. The molecule has 1 aromatic rings. The second-order valence-electron chi connectivity index (χ2n) is 2.76. The maximum atomic E-state index is 5.48. The normalized spacial score (nSPS) is 14.9. The van der Waals surface area contributed by atoms with Crippen LogP contribution in [0, 0.1) is 6.92 Å². The Balaban J connectivity index is 2.45. The molecule has 1 aliphatic heterocycles. The minimum absolute atomic E-state index is 0.0635. The van der Waals surface area contributed by atoms with Gasteiger partial charge in [0.1, 0.15) is 0 Å². The average molecular weight is 198 g/mol. The zero-order valence-corrected chi connectivity index (χ0v) is 8.59. The third-order valence-electron chi connectivity index (χ3n) is 1.86. The van der Waals surface area contributed by atoms with E-state index in [4.69, 9.17) is 13.8 Å². The Morgan fingerprint density at radius 1 is 1.38 bits per heavy atom. The number of benzene rings is 1. The Morgan fingerprint density at radius 3 is 3.00 bits per heavy atom. The average Bonchev–Trinajstić information content (AvgIpc) is 2.58. The highest BCUT2D eigenvalue weighted by molar-refractivity contribution is 7.27. The first-order chi connectivity index (χ1) is 6.33. The molecule has 0 bridgehead atoms. The first-order valence-corrected chi connectivity index (χ1v) is 4.99. The monoisotopic (exact) mass is 198 g/mol. The van der Waals surface area contributed by atoms with Crippen molar-refractivity contribution < 1.29 is 13.8 Å². The minimum Gasteiger partial charge on any atom is -0.490 e. The standard InChI is InChI=1S/C9H11O3P/c1-3-10-8-6(2)4-5-7-9(8)12-13-11-7/h4-5,13H,3H2,1-2H3. The summed E-state index contributed by atoms with van der Waals surface area (Å²) in [7, 11) is 0.0635. The summed E-state index contributed by atoms with van der Waals surface area (Å²) < 4.78 is 16.1. The molecule has 1 aromatic carbocycles. The van der Waals surface area contributed by atoms with Crippen molar-refractivity contribution in [2.45, 2.75) is 13.8 Å². The predicted molar refractivity (Wildman–Crippen MR) is 51.9 cm³/mol. The Hall–Kier alpha value is -0.950. The molecule has 1 atom stereocenters. The van der Waals surface area contributed by atoms with E-state index >= 15 is 0 Å². The second-order valence-corrected chi connectivity index (χ2v) is 3.33. The van der Waals surface area contributed by atoms with Crippen molar-refractivity contribution in [1.82, 2.24) is 0 Å². The number of hydrogen-bond acceptors (Lipinski definition) is 3. The summed E-state index contributed by atoms with van der Waals surface area (Å²) in [6, 6.07) is 3.89. The second kappa shape index (κ2) is 3.43. The molecule has 0 saturated carbocycles. The van der Waals surface area contributed by atoms with Crippen LogP contribution in [-0.4, -0.2) is 6.61 Å². The largest absolute Gasteiger partial charge is 0.490 e. The van der Waals surface area contributed by atoms with Crippen molar-refractivity contribution in [2.75, 3.05) is 6.61 Å². The van der Waals surface area contributed by atoms with Crippen LogP contribution in [0.15, 0.2) is 12.1 Å². The molecule has 4 heteroatoms. The molecule has 0 saturated heterocycles. The summed E-state index contributed by atoms with van der Waals surface area (Å²) in [5, 5.41) is 0. The van der Waals surface area contributed by atoms with E-state index in [1.807, 2.05) is 26.0 Å². The van der Waals surface area contributed by atoms with E-state index in [9.17, 15) is 0 Å². The first kappa shape index (κ1) is 8.64. The fraction of sp³-hybridized carbons (Fsp3) is 0.333. The molecule has 0 aliphatic carbocycles. The van der Waals surface area contributed by atoms with Crippen LogP contribution in [0.4, 0.5) is 0 Å². The zero-order chi connectivity index (χ0) is 9.26. The maximum absolute atomic E-state index is 5.48. The van der Waals surface area contributed by atoms with Crippen LogP contribution in [0.25, 0.3) is 0 Å². The lowest BCUT2D eigenvalue weighted by molar-refractivity contribution is 0.329. The highest BCUT2D eigenvalue weighted by atomic mass is 31.1. The number of hydrogen-bond donors (Lipinski definition) is 0. The van der Waals surface area contributed by atoms with Gasteiger partial charge in [-0.15, -0.1) is 0 Å². The molecular formula is C9H11O3P. The predicted octanol–water partition coefficient (Wildman–Crippen LogP) is 2.67. The molecular weight excluding hydrogens is 187 g/mol. The van der Waals surface area contributed by atoms with Gasteiger partial charge in [0.2, 0.25) is 5.75 Å². The molecule has 13 heavy (non-hydrogen) atoms. The van der Waals surface area contributed by atoms with Crippen molar-refractivity contribution in [3.63, 3.8) is 0 Å². The summed E-state index contributed by atoms with van der Waals surface area (Å²) in [6.45, 7) is 4.59. The van der Waals surface area contributed by atoms with Crippen LogP contribution in [0.2, 0.25) is 0 Å². The van der Waals surface area contributed by atoms with E-state index in [1.165, 1.54) is 0 Å². The molecule has 0 radical (unpaired) electrons. The van der Waals surface area contributed by atoms with Gasteiger partial charge < -0.3 is 13.8 Å². The van der Waals surface area contributed by atoms with Crippen molar-refractivity contribution in [1.29, 1.82) is 0 Å². The number of fused-ring (bicyclic) bond motifs is 1. The lowest BCUT2D eigenvalue weighted by Gasteiger charge is -2.08. The van der Waals surface area contributed by atoms with E-state index in [-0.39, 0.29) is 9.03 Å². The van der Waals surface area contributed by atoms with E-state index < -0.39 is 0 Å². The summed E-state index contributed by atoms with van der Waals surface area (Å²) >= 11 is 0. The van der Waals surface area contributed by atoms with Crippen LogP contribution in [0.1, 0.15) is 12.5 Å². The summed E-state index contributed by atoms with van der Waals surface area (Å²) in [6.07, 6.45) is 0. The number of aryl methyl sites for hydroxylation is 1. The van der Waals surface area contributed by atoms with E-state index in [0.717, 1.165) is 22.8 Å². The molecule has 2 rings (SSSR count). The Kier molecular flexibility index (Phi) is 2.28. The van der Waals surface area contributed by atoms with Gasteiger partial charge in [-0.2, -0.15) is 0 Å². The molecule has 3 nitrogen and oxygen atoms in total. The van der Waals surface area contributed by atoms with Gasteiger partial charge in [-0.1, -0.05) is 6.07 Å². The molecule has 0 aromatic heterocycles. The smallest absolute Gasteiger partial charge is 0.275 e. The van der Waals surface area contributed by atoms with Crippen LogP contribution in [-0.2, 0) is 0 Å². The van der Waals surface area contributed by atoms with E-state index in [2.05, 4.69) is 0 Å².